The van der Waals surface area contributed by atoms with E-state index in [2.05, 4.69) is 20.2 Å². The van der Waals surface area contributed by atoms with Gasteiger partial charge in [0.15, 0.2) is 6.29 Å². The fourth-order valence-electron chi connectivity index (χ4n) is 12.3. The van der Waals surface area contributed by atoms with E-state index in [1.807, 2.05) is 65.7 Å². The highest BCUT2D eigenvalue weighted by Gasteiger charge is 2.54. The Balaban J connectivity index is 1.20. The minimum atomic E-state index is -4.53. The molecule has 20 heteroatoms. The molecule has 0 bridgehead atoms. The number of aliphatic hydroxyl groups is 4. The second kappa shape index (κ2) is 25.2. The average molecular weight is 1080 g/mol. The number of hydrogen-bond donors (Lipinski definition) is 4. The number of esters is 1. The van der Waals surface area contributed by atoms with Gasteiger partial charge in [0.05, 0.1) is 53.3 Å². The largest absolute Gasteiger partial charge is 0.459 e. The summed E-state index contributed by atoms with van der Waals surface area (Å²) in [6.07, 6.45) is -5.61. The van der Waals surface area contributed by atoms with E-state index in [1.54, 1.807) is 46.0 Å². The van der Waals surface area contributed by atoms with Crippen LogP contribution in [-0.4, -0.2) is 175 Å². The van der Waals surface area contributed by atoms with Crippen LogP contribution in [-0.2, 0) is 47.5 Å². The predicted molar refractivity (Wildman–Crippen MR) is 277 cm³/mol. The molecule has 16 nitrogen and oxygen atoms in total. The average Bonchev–Trinajstić information content (AvgIpc) is 3.84. The fourth-order valence-corrected chi connectivity index (χ4v) is 12.3. The zero-order valence-electron chi connectivity index (χ0n) is 46.8. The van der Waals surface area contributed by atoms with Gasteiger partial charge in [-0.15, -0.1) is 5.10 Å². The highest BCUT2D eigenvalue weighted by atomic mass is 19.4. The molecule has 18 atom stereocenters. The molecule has 0 radical (unpaired) electrons. The van der Waals surface area contributed by atoms with E-state index in [0.717, 1.165) is 11.6 Å². The summed E-state index contributed by atoms with van der Waals surface area (Å²) in [7, 11) is 5.41. The standard InChI is InChI=1S/C56H86F4N6O10/c1-14-46-55(10,71)49(67)36(6)65(12)30-32(2)26-53(8,70)51(34(4)48(35(5)52(69)75-46)44-27-54(9,72-13)50(68)37(7)74-44)76-47-25-42(23-33(3)73-47)64(11)22-21-41-31-66(63-62-41)43(28-57)24-38-15-17-39(18-16-38)40-19-20-45(61-29-40)56(58,59)60/h15-20,29,31-37,42-44,46-51,67-68,70-71H,14,21-28,30H2,1-13H3/t32-,33-,34+,35-,36-,37+,42+,43+,44?,46-,47+,48+,49-,50+,51-,53-,54-,55-/m1/s1. The summed E-state index contributed by atoms with van der Waals surface area (Å²) < 4.78 is 87.7. The van der Waals surface area contributed by atoms with E-state index in [0.29, 0.717) is 55.6 Å². The van der Waals surface area contributed by atoms with Gasteiger partial charge in [0.25, 0.3) is 0 Å². The molecule has 3 aliphatic rings. The van der Waals surface area contributed by atoms with Crippen LogP contribution >= 0.6 is 0 Å². The van der Waals surface area contributed by atoms with Crippen LogP contribution < -0.4 is 0 Å². The van der Waals surface area contributed by atoms with E-state index >= 15 is 0 Å². The first-order valence-electron chi connectivity index (χ1n) is 27.1. The molecule has 428 valence electrons. The Morgan fingerprint density at radius 1 is 0.947 bits per heavy atom. The van der Waals surface area contributed by atoms with E-state index in [1.165, 1.54) is 31.0 Å². The Bertz CT molecular complexity index is 2310. The molecule has 4 N–H and O–H groups in total. The molecule has 2 aromatic heterocycles. The van der Waals surface area contributed by atoms with E-state index in [9.17, 15) is 42.8 Å². The Morgan fingerprint density at radius 2 is 1.62 bits per heavy atom. The van der Waals surface area contributed by atoms with Gasteiger partial charge in [-0.05, 0) is 110 Å². The van der Waals surface area contributed by atoms with Crippen molar-refractivity contribution in [1.82, 2.24) is 29.8 Å². The number of aliphatic hydroxyl groups excluding tert-OH is 2. The number of hydrogen-bond acceptors (Lipinski definition) is 15. The number of benzene rings is 1. The Kier molecular flexibility index (Phi) is 20.4. The van der Waals surface area contributed by atoms with Gasteiger partial charge in [0.2, 0.25) is 0 Å². The Morgan fingerprint density at radius 3 is 2.22 bits per heavy atom. The summed E-state index contributed by atoms with van der Waals surface area (Å²) in [5.41, 5.74) is -2.64. The van der Waals surface area contributed by atoms with Crippen molar-refractivity contribution in [2.45, 2.75) is 204 Å². The summed E-state index contributed by atoms with van der Waals surface area (Å²) in [5, 5.41) is 56.5. The van der Waals surface area contributed by atoms with Crippen molar-refractivity contribution in [2.75, 3.05) is 41.0 Å². The molecule has 6 rings (SSSR count). The lowest BCUT2D eigenvalue weighted by Gasteiger charge is -2.51. The lowest BCUT2D eigenvalue weighted by atomic mass is 9.68. The number of rotatable bonds is 14. The summed E-state index contributed by atoms with van der Waals surface area (Å²) in [4.78, 5) is 22.3. The van der Waals surface area contributed by atoms with E-state index in [-0.39, 0.29) is 37.3 Å². The van der Waals surface area contributed by atoms with Crippen LogP contribution in [0.3, 0.4) is 0 Å². The number of alkyl halides is 4. The van der Waals surface area contributed by atoms with Crippen molar-refractivity contribution in [3.05, 3.63) is 65.7 Å². The summed E-state index contributed by atoms with van der Waals surface area (Å²) in [6, 6.07) is 8.26. The van der Waals surface area contributed by atoms with Crippen LogP contribution in [0, 0.1) is 23.7 Å². The van der Waals surface area contributed by atoms with Gasteiger partial charge in [-0.3, -0.25) is 9.78 Å². The number of ether oxygens (including phenoxy) is 5. The summed E-state index contributed by atoms with van der Waals surface area (Å²) in [6.45, 7) is 18.5. The van der Waals surface area contributed by atoms with Gasteiger partial charge in [0, 0.05) is 75.4 Å². The maximum Gasteiger partial charge on any atom is 0.433 e. The fraction of sp³-hybridized carbons (Fsp3) is 0.750. The smallest absolute Gasteiger partial charge is 0.433 e. The minimum Gasteiger partial charge on any atom is -0.459 e. The third-order valence-electron chi connectivity index (χ3n) is 17.0. The van der Waals surface area contributed by atoms with Crippen molar-refractivity contribution in [3.63, 3.8) is 0 Å². The third kappa shape index (κ3) is 14.4. The molecule has 0 amide bonds. The normalized spacial score (nSPS) is 37.3. The molecule has 3 aromatic rings. The van der Waals surface area contributed by atoms with Crippen molar-refractivity contribution in [3.8, 4) is 11.1 Å². The molecule has 1 aromatic carbocycles. The number of carbonyl (C=O) groups excluding carboxylic acids is 1. The van der Waals surface area contributed by atoms with E-state index < -0.39 is 114 Å². The number of nitrogens with zero attached hydrogens (tertiary/aromatic N) is 6. The first-order chi connectivity index (χ1) is 35.5. The molecule has 0 spiro atoms. The monoisotopic (exact) mass is 1080 g/mol. The highest BCUT2D eigenvalue weighted by molar-refractivity contribution is 5.73. The van der Waals surface area contributed by atoms with Crippen LogP contribution in [0.2, 0.25) is 0 Å². The molecular formula is C56H86F4N6O10. The van der Waals surface area contributed by atoms with Crippen LogP contribution in [0.4, 0.5) is 17.6 Å². The van der Waals surface area contributed by atoms with Crippen molar-refractivity contribution in [2.24, 2.45) is 23.7 Å². The molecule has 0 saturated carbocycles. The van der Waals surface area contributed by atoms with Crippen LogP contribution in [0.5, 0.6) is 0 Å². The first kappa shape index (κ1) is 61.5. The second-order valence-corrected chi connectivity index (χ2v) is 23.2. The van der Waals surface area contributed by atoms with Crippen molar-refractivity contribution in [1.29, 1.82) is 0 Å². The number of likely N-dealkylation sites (N-methyl/N-ethyl adjacent to an activating group) is 2. The molecule has 5 heterocycles. The van der Waals surface area contributed by atoms with Crippen LogP contribution in [0.1, 0.15) is 124 Å². The van der Waals surface area contributed by atoms with Crippen molar-refractivity contribution >= 4 is 5.97 Å². The van der Waals surface area contributed by atoms with Gasteiger partial charge in [0.1, 0.15) is 36.3 Å². The molecule has 0 aliphatic carbocycles. The van der Waals surface area contributed by atoms with Gasteiger partial charge in [-0.2, -0.15) is 13.2 Å². The molecule has 3 saturated heterocycles. The number of halogens is 4. The number of pyridine rings is 1. The number of cyclic esters (lactones) is 1. The molecule has 3 fully saturated rings. The van der Waals surface area contributed by atoms with Crippen LogP contribution in [0.25, 0.3) is 11.1 Å². The third-order valence-corrected chi connectivity index (χ3v) is 17.0. The summed E-state index contributed by atoms with van der Waals surface area (Å²) in [5.74, 6) is -2.95. The molecular weight excluding hydrogens is 993 g/mol. The number of methoxy groups -OCH3 is 1. The molecule has 1 unspecified atom stereocenters. The maximum absolute atomic E-state index is 14.6. The van der Waals surface area contributed by atoms with E-state index in [4.69, 9.17) is 23.7 Å². The zero-order valence-corrected chi connectivity index (χ0v) is 46.8. The Labute approximate surface area is 446 Å². The second-order valence-electron chi connectivity index (χ2n) is 23.2. The predicted octanol–water partition coefficient (Wildman–Crippen LogP) is 7.24. The van der Waals surface area contributed by atoms with Crippen molar-refractivity contribution < 1.29 is 66.5 Å². The maximum atomic E-state index is 14.6. The number of aromatic nitrogens is 4. The van der Waals surface area contributed by atoms with Gasteiger partial charge >= 0.3 is 12.1 Å². The lowest BCUT2D eigenvalue weighted by Crippen LogP contribution is -2.61. The van der Waals surface area contributed by atoms with Gasteiger partial charge in [-0.1, -0.05) is 63.2 Å². The van der Waals surface area contributed by atoms with Gasteiger partial charge in [-0.25, -0.2) is 9.07 Å². The highest BCUT2D eigenvalue weighted by Crippen LogP contribution is 2.45. The quantitative estimate of drug-likeness (QED) is 0.0932. The van der Waals surface area contributed by atoms with Crippen LogP contribution in [0.15, 0.2) is 48.8 Å². The topological polar surface area (TPSA) is 194 Å². The Hall–Kier alpha value is -3.70. The molecule has 3 aliphatic heterocycles. The first-order valence-corrected chi connectivity index (χ1v) is 27.1. The molecule has 76 heavy (non-hydrogen) atoms. The zero-order chi connectivity index (χ0) is 56.2. The minimum absolute atomic E-state index is 0.0263. The number of carbonyl (C=O) groups is 1. The van der Waals surface area contributed by atoms with Gasteiger partial charge < -0.3 is 53.9 Å². The summed E-state index contributed by atoms with van der Waals surface area (Å²) >= 11 is 0. The SMILES string of the molecule is CC[C@H]1OC(=O)[C@H](C)[C@@H](C2C[C@@](C)(OC)[C@@H](O)[C@H](C)O2)[C@H](C)[C@@H](O[C@H]2C[C@@H](N(C)CCc3cn([C@H](CF)Cc4ccc(-c5ccc(C(F)(F)F)nc5)cc4)nn3)C[C@@H](C)O2)[C@](C)(O)C[C@@H](C)CN(C)[C@H](C)[C@@H](O)[C@]1(C)O. The lowest BCUT2D eigenvalue weighted by molar-refractivity contribution is -0.275.